The highest BCUT2D eigenvalue weighted by Gasteiger charge is 2.17. The van der Waals surface area contributed by atoms with E-state index in [2.05, 4.69) is 10.0 Å². The van der Waals surface area contributed by atoms with Crippen molar-refractivity contribution in [3.63, 3.8) is 0 Å². The molecule has 0 radical (unpaired) electrons. The highest BCUT2D eigenvalue weighted by atomic mass is 32.2. The largest absolute Gasteiger partial charge is 0.383 e. The van der Waals surface area contributed by atoms with Crippen molar-refractivity contribution in [3.05, 3.63) is 59.7 Å². The molecule has 2 rings (SSSR count). The number of hydrogen-bond acceptors (Lipinski definition) is 4. The first-order chi connectivity index (χ1) is 11.4. The van der Waals surface area contributed by atoms with Crippen LogP contribution in [0, 0.1) is 6.92 Å². The number of rotatable bonds is 7. The van der Waals surface area contributed by atoms with Gasteiger partial charge in [-0.2, -0.15) is 0 Å². The Balaban J connectivity index is 2.23. The number of aryl methyl sites for hydroxylation is 1. The molecule has 0 saturated carbocycles. The van der Waals surface area contributed by atoms with Crippen LogP contribution in [-0.4, -0.2) is 34.6 Å². The van der Waals surface area contributed by atoms with E-state index in [-0.39, 0.29) is 24.0 Å². The number of anilines is 1. The van der Waals surface area contributed by atoms with Gasteiger partial charge in [0.2, 0.25) is 10.0 Å². The van der Waals surface area contributed by atoms with E-state index < -0.39 is 10.0 Å². The molecule has 2 N–H and O–H groups in total. The van der Waals surface area contributed by atoms with Crippen LogP contribution in [0.5, 0.6) is 0 Å². The number of methoxy groups -OCH3 is 1. The molecule has 0 aliphatic carbocycles. The Labute approximate surface area is 141 Å². The van der Waals surface area contributed by atoms with Crippen LogP contribution in [0.2, 0.25) is 0 Å². The van der Waals surface area contributed by atoms with Gasteiger partial charge in [-0.05, 0) is 36.8 Å². The van der Waals surface area contributed by atoms with Crippen LogP contribution in [0.1, 0.15) is 15.9 Å². The van der Waals surface area contributed by atoms with E-state index in [4.69, 9.17) is 4.74 Å². The van der Waals surface area contributed by atoms with Crippen molar-refractivity contribution >= 4 is 21.6 Å². The Kier molecular flexibility index (Phi) is 6.08. The fourth-order valence-corrected chi connectivity index (χ4v) is 3.13. The highest BCUT2D eigenvalue weighted by Crippen LogP contribution is 2.17. The van der Waals surface area contributed by atoms with Crippen LogP contribution in [0.4, 0.5) is 5.69 Å². The maximum atomic E-state index is 12.4. The van der Waals surface area contributed by atoms with E-state index in [0.29, 0.717) is 16.8 Å². The molecular weight excluding hydrogens is 328 g/mol. The van der Waals surface area contributed by atoms with E-state index in [1.54, 1.807) is 25.1 Å². The summed E-state index contributed by atoms with van der Waals surface area (Å²) in [6.45, 7) is 2.19. The third-order valence-electron chi connectivity index (χ3n) is 3.39. The van der Waals surface area contributed by atoms with Crippen LogP contribution >= 0.6 is 0 Å². The predicted molar refractivity (Wildman–Crippen MR) is 92.6 cm³/mol. The van der Waals surface area contributed by atoms with Gasteiger partial charge in [0.25, 0.3) is 5.91 Å². The minimum absolute atomic E-state index is 0.0439. The monoisotopic (exact) mass is 348 g/mol. The number of ether oxygens (including phenoxy) is 1. The summed E-state index contributed by atoms with van der Waals surface area (Å²) >= 11 is 0. The van der Waals surface area contributed by atoms with Gasteiger partial charge in [-0.25, -0.2) is 13.1 Å². The Morgan fingerprint density at radius 1 is 1.12 bits per heavy atom. The van der Waals surface area contributed by atoms with Crippen molar-refractivity contribution in [2.24, 2.45) is 0 Å². The first-order valence-electron chi connectivity index (χ1n) is 7.39. The number of nitrogens with one attached hydrogen (secondary N) is 2. The molecule has 0 heterocycles. The lowest BCUT2D eigenvalue weighted by molar-refractivity contribution is 0.102. The van der Waals surface area contributed by atoms with Crippen LogP contribution < -0.4 is 10.0 Å². The maximum absolute atomic E-state index is 12.4. The third-order valence-corrected chi connectivity index (χ3v) is 4.85. The van der Waals surface area contributed by atoms with Crippen LogP contribution in [-0.2, 0) is 14.8 Å². The van der Waals surface area contributed by atoms with Gasteiger partial charge in [0.1, 0.15) is 0 Å². The summed E-state index contributed by atoms with van der Waals surface area (Å²) in [6.07, 6.45) is 0. The Hall–Kier alpha value is -2.22. The Morgan fingerprint density at radius 2 is 1.83 bits per heavy atom. The smallest absolute Gasteiger partial charge is 0.255 e. The molecule has 1 amide bonds. The van der Waals surface area contributed by atoms with Gasteiger partial charge in [-0.1, -0.05) is 24.3 Å². The lowest BCUT2D eigenvalue weighted by Gasteiger charge is -2.11. The number of carbonyl (C=O) groups is 1. The second-order valence-corrected chi connectivity index (χ2v) is 6.95. The minimum atomic E-state index is -3.69. The van der Waals surface area contributed by atoms with E-state index in [1.807, 2.05) is 18.2 Å². The van der Waals surface area contributed by atoms with E-state index >= 15 is 0 Å². The summed E-state index contributed by atoms with van der Waals surface area (Å²) < 4.78 is 31.8. The van der Waals surface area contributed by atoms with Gasteiger partial charge in [0.15, 0.2) is 0 Å². The Morgan fingerprint density at radius 3 is 2.50 bits per heavy atom. The standard InChI is InChI=1S/C17H20N2O4S/c1-13-8-9-15(24(21,22)18-10-11-23-2)12-16(13)17(20)19-14-6-4-3-5-7-14/h3-9,12,18H,10-11H2,1-2H3,(H,19,20). The van der Waals surface area contributed by atoms with Crippen molar-refractivity contribution < 1.29 is 17.9 Å². The average molecular weight is 348 g/mol. The quantitative estimate of drug-likeness (QED) is 0.751. The summed E-state index contributed by atoms with van der Waals surface area (Å²) in [5, 5.41) is 2.76. The number of carbonyl (C=O) groups excluding carboxylic acids is 1. The highest BCUT2D eigenvalue weighted by molar-refractivity contribution is 7.89. The Bertz CT molecular complexity index is 805. The lowest BCUT2D eigenvalue weighted by atomic mass is 10.1. The zero-order chi connectivity index (χ0) is 17.6. The fraction of sp³-hybridized carbons (Fsp3) is 0.235. The van der Waals surface area contributed by atoms with E-state index in [9.17, 15) is 13.2 Å². The average Bonchev–Trinajstić information content (AvgIpc) is 2.56. The number of benzene rings is 2. The van der Waals surface area contributed by atoms with Crippen molar-refractivity contribution in [3.8, 4) is 0 Å². The van der Waals surface area contributed by atoms with Crippen LogP contribution in [0.25, 0.3) is 0 Å². The fourth-order valence-electron chi connectivity index (χ4n) is 2.09. The molecule has 0 unspecified atom stereocenters. The molecule has 0 saturated heterocycles. The minimum Gasteiger partial charge on any atom is -0.383 e. The molecule has 128 valence electrons. The van der Waals surface area contributed by atoms with Crippen molar-refractivity contribution in [1.82, 2.24) is 4.72 Å². The van der Waals surface area contributed by atoms with Gasteiger partial charge in [0, 0.05) is 24.9 Å². The first kappa shape index (κ1) is 18.1. The molecule has 0 atom stereocenters. The molecule has 7 heteroatoms. The first-order valence-corrected chi connectivity index (χ1v) is 8.88. The number of hydrogen-bond donors (Lipinski definition) is 2. The van der Waals surface area contributed by atoms with Crippen molar-refractivity contribution in [1.29, 1.82) is 0 Å². The van der Waals surface area contributed by atoms with Gasteiger partial charge in [0.05, 0.1) is 11.5 Å². The number of sulfonamides is 1. The molecule has 0 spiro atoms. The normalized spacial score (nSPS) is 11.2. The number of amides is 1. The molecule has 0 aliphatic rings. The predicted octanol–water partition coefficient (Wildman–Crippen LogP) is 2.17. The SMILES string of the molecule is COCCNS(=O)(=O)c1ccc(C)c(C(=O)Nc2ccccc2)c1. The number of para-hydroxylation sites is 1. The molecule has 0 fully saturated rings. The molecular formula is C17H20N2O4S. The van der Waals surface area contributed by atoms with Crippen LogP contribution in [0.3, 0.4) is 0 Å². The molecule has 0 bridgehead atoms. The van der Waals surface area contributed by atoms with Crippen molar-refractivity contribution in [2.75, 3.05) is 25.6 Å². The topological polar surface area (TPSA) is 84.5 Å². The van der Waals surface area contributed by atoms with Gasteiger partial charge < -0.3 is 10.1 Å². The van der Waals surface area contributed by atoms with E-state index in [1.165, 1.54) is 19.2 Å². The second-order valence-electron chi connectivity index (χ2n) is 5.19. The third kappa shape index (κ3) is 4.64. The van der Waals surface area contributed by atoms with Crippen molar-refractivity contribution in [2.45, 2.75) is 11.8 Å². The summed E-state index contributed by atoms with van der Waals surface area (Å²) in [6, 6.07) is 13.5. The maximum Gasteiger partial charge on any atom is 0.255 e. The second kappa shape index (κ2) is 8.05. The summed E-state index contributed by atoms with van der Waals surface area (Å²) in [5.74, 6) is -0.354. The summed E-state index contributed by atoms with van der Waals surface area (Å²) in [4.78, 5) is 12.5. The van der Waals surface area contributed by atoms with Gasteiger partial charge in [-0.3, -0.25) is 4.79 Å². The zero-order valence-electron chi connectivity index (χ0n) is 13.6. The molecule has 24 heavy (non-hydrogen) atoms. The molecule has 0 aromatic heterocycles. The van der Waals surface area contributed by atoms with Gasteiger partial charge >= 0.3 is 0 Å². The van der Waals surface area contributed by atoms with Gasteiger partial charge in [-0.15, -0.1) is 0 Å². The van der Waals surface area contributed by atoms with E-state index in [0.717, 1.165) is 0 Å². The lowest BCUT2D eigenvalue weighted by Crippen LogP contribution is -2.27. The molecule has 0 aliphatic heterocycles. The molecule has 6 nitrogen and oxygen atoms in total. The van der Waals surface area contributed by atoms with Crippen LogP contribution in [0.15, 0.2) is 53.4 Å². The summed E-state index contributed by atoms with van der Waals surface area (Å²) in [5.41, 5.74) is 1.65. The summed E-state index contributed by atoms with van der Waals surface area (Å²) in [7, 11) is -2.20. The molecule has 2 aromatic carbocycles. The molecule has 2 aromatic rings. The zero-order valence-corrected chi connectivity index (χ0v) is 14.4.